The maximum Gasteiger partial charge on any atom is 0.190 e. The monoisotopic (exact) mass is 456 g/mol. The third-order valence-electron chi connectivity index (χ3n) is 5.20. The summed E-state index contributed by atoms with van der Waals surface area (Å²) < 4.78 is 0. The minimum absolute atomic E-state index is 0.739. The molecule has 2 aromatic carbocycles. The lowest BCUT2D eigenvalue weighted by atomic mass is 10.1. The van der Waals surface area contributed by atoms with Gasteiger partial charge in [-0.15, -0.1) is 22.7 Å². The number of hydrogen-bond donors (Lipinski definition) is 0. The lowest BCUT2D eigenvalue weighted by Gasteiger charge is -2.26. The molecule has 0 aliphatic heterocycles. The summed E-state index contributed by atoms with van der Waals surface area (Å²) in [7, 11) is 3.90. The van der Waals surface area contributed by atoms with Gasteiger partial charge in [-0.05, 0) is 0 Å². The highest BCUT2D eigenvalue weighted by Crippen LogP contribution is 2.33. The summed E-state index contributed by atoms with van der Waals surface area (Å²) in [6.07, 6.45) is 0. The van der Waals surface area contributed by atoms with Crippen LogP contribution < -0.4 is 9.80 Å². The molecule has 6 heteroatoms. The van der Waals surface area contributed by atoms with Crippen LogP contribution in [-0.2, 0) is 0 Å². The van der Waals surface area contributed by atoms with E-state index < -0.39 is 0 Å². The van der Waals surface area contributed by atoms with Crippen LogP contribution in [0.4, 0.5) is 10.3 Å². The van der Waals surface area contributed by atoms with Crippen LogP contribution in [0.1, 0.15) is 0 Å². The van der Waals surface area contributed by atoms with Crippen molar-refractivity contribution in [3.8, 4) is 22.5 Å². The fourth-order valence-corrected chi connectivity index (χ4v) is 4.77. The van der Waals surface area contributed by atoms with Gasteiger partial charge in [0.1, 0.15) is 0 Å². The Labute approximate surface area is 197 Å². The van der Waals surface area contributed by atoms with Crippen LogP contribution in [0.5, 0.6) is 0 Å². The summed E-state index contributed by atoms with van der Waals surface area (Å²) in [6.45, 7) is 12.8. The van der Waals surface area contributed by atoms with Gasteiger partial charge in [0.2, 0.25) is 0 Å². The third-order valence-corrected chi connectivity index (χ3v) is 7.04. The predicted molar refractivity (Wildman–Crippen MR) is 139 cm³/mol. The van der Waals surface area contributed by atoms with Crippen molar-refractivity contribution in [3.63, 3.8) is 0 Å². The highest BCUT2D eigenvalue weighted by molar-refractivity contribution is 7.14. The van der Waals surface area contributed by atoms with Crippen molar-refractivity contribution in [2.24, 2.45) is 0 Å². The number of thiazole rings is 2. The van der Waals surface area contributed by atoms with E-state index in [1.165, 1.54) is 0 Å². The number of rotatable bonds is 8. The first kappa shape index (κ1) is 21.7. The molecule has 0 aliphatic rings. The molecule has 4 aromatic rings. The van der Waals surface area contributed by atoms with Crippen LogP contribution in [0.3, 0.4) is 0 Å². The van der Waals surface area contributed by atoms with Gasteiger partial charge in [0, 0.05) is 52.9 Å². The van der Waals surface area contributed by atoms with Crippen LogP contribution in [0.25, 0.3) is 22.5 Å². The highest BCUT2D eigenvalue weighted by atomic mass is 32.1. The molecule has 0 bridgehead atoms. The zero-order chi connectivity index (χ0) is 22.7. The Morgan fingerprint density at radius 2 is 1.03 bits per heavy atom. The Hall–Kier alpha value is -3.48. The number of hydrogen-bond acceptors (Lipinski definition) is 6. The number of anilines is 2. The van der Waals surface area contributed by atoms with E-state index in [-0.39, 0.29) is 0 Å². The molecule has 0 aliphatic carbocycles. The molecule has 32 heavy (non-hydrogen) atoms. The second-order valence-corrected chi connectivity index (χ2v) is 8.93. The standard InChI is InChI=1S/C26H24N4S2/c1-18(19(2)29(4)25-27-23(16-31-25)21-12-8-6-9-13-21)20(3)30(5)26-28-24(17-32-26)22-14-10-7-11-15-22/h6-17H,1-3H2,4-5H3. The number of aromatic nitrogens is 2. The van der Waals surface area contributed by atoms with E-state index >= 15 is 0 Å². The molecule has 0 atom stereocenters. The largest absolute Gasteiger partial charge is 0.321 e. The summed E-state index contributed by atoms with van der Waals surface area (Å²) in [4.78, 5) is 13.5. The van der Waals surface area contributed by atoms with Crippen LogP contribution in [-0.4, -0.2) is 24.1 Å². The molecule has 0 spiro atoms. The van der Waals surface area contributed by atoms with Crippen molar-refractivity contribution in [2.45, 2.75) is 0 Å². The highest BCUT2D eigenvalue weighted by Gasteiger charge is 2.19. The van der Waals surface area contributed by atoms with Gasteiger partial charge in [0.25, 0.3) is 0 Å². The summed E-state index contributed by atoms with van der Waals surface area (Å²) in [5.41, 5.74) is 6.31. The maximum absolute atomic E-state index is 4.77. The molecule has 0 fully saturated rings. The van der Waals surface area contributed by atoms with Crippen LogP contribution in [0.15, 0.2) is 108 Å². The van der Waals surface area contributed by atoms with Gasteiger partial charge in [-0.1, -0.05) is 80.4 Å². The minimum atomic E-state index is 0.739. The molecule has 160 valence electrons. The SMILES string of the molecule is C=C(C(=C)N(C)c1nc(-c2ccccc2)cs1)C(=C)N(C)c1nc(-c2ccccc2)cs1. The molecular formula is C26H24N4S2. The first-order valence-electron chi connectivity index (χ1n) is 10.0. The number of likely N-dealkylation sites (N-methyl/N-ethyl adjacent to an activating group) is 2. The quantitative estimate of drug-likeness (QED) is 0.265. The van der Waals surface area contributed by atoms with Gasteiger partial charge in [-0.3, -0.25) is 0 Å². The van der Waals surface area contributed by atoms with Gasteiger partial charge in [0.15, 0.2) is 10.3 Å². The average Bonchev–Trinajstić information content (AvgIpc) is 3.53. The normalized spacial score (nSPS) is 10.6. The van der Waals surface area contributed by atoms with Crippen molar-refractivity contribution in [2.75, 3.05) is 23.9 Å². The second kappa shape index (κ2) is 9.34. The smallest absolute Gasteiger partial charge is 0.190 e. The molecule has 0 N–H and O–H groups in total. The average molecular weight is 457 g/mol. The first-order valence-corrected chi connectivity index (χ1v) is 11.8. The first-order chi connectivity index (χ1) is 15.5. The molecular weight excluding hydrogens is 432 g/mol. The van der Waals surface area contributed by atoms with Crippen LogP contribution in [0.2, 0.25) is 0 Å². The van der Waals surface area contributed by atoms with E-state index in [1.807, 2.05) is 60.3 Å². The van der Waals surface area contributed by atoms with Gasteiger partial charge in [-0.2, -0.15) is 0 Å². The molecule has 2 heterocycles. The Morgan fingerprint density at radius 1 is 0.656 bits per heavy atom. The lowest BCUT2D eigenvalue weighted by molar-refractivity contribution is 1.04. The Morgan fingerprint density at radius 3 is 1.41 bits per heavy atom. The molecule has 4 rings (SSSR count). The molecule has 0 amide bonds. The molecule has 0 radical (unpaired) electrons. The summed E-state index contributed by atoms with van der Waals surface area (Å²) in [5, 5.41) is 5.81. The van der Waals surface area contributed by atoms with E-state index in [9.17, 15) is 0 Å². The van der Waals surface area contributed by atoms with E-state index in [4.69, 9.17) is 9.97 Å². The molecule has 0 unspecified atom stereocenters. The maximum atomic E-state index is 4.77. The van der Waals surface area contributed by atoms with Crippen molar-refractivity contribution in [3.05, 3.63) is 108 Å². The van der Waals surface area contributed by atoms with Gasteiger partial charge in [0.05, 0.1) is 11.4 Å². The van der Waals surface area contributed by atoms with Crippen LogP contribution >= 0.6 is 22.7 Å². The van der Waals surface area contributed by atoms with Crippen molar-refractivity contribution < 1.29 is 0 Å². The van der Waals surface area contributed by atoms with E-state index in [1.54, 1.807) is 22.7 Å². The number of nitrogens with zero attached hydrogens (tertiary/aromatic N) is 4. The van der Waals surface area contributed by atoms with Gasteiger partial charge >= 0.3 is 0 Å². The Kier molecular flexibility index (Phi) is 6.35. The molecule has 2 aromatic heterocycles. The zero-order valence-corrected chi connectivity index (χ0v) is 19.8. The van der Waals surface area contributed by atoms with E-state index in [0.717, 1.165) is 49.7 Å². The summed E-state index contributed by atoms with van der Waals surface area (Å²) in [5.74, 6) is 0. The van der Waals surface area contributed by atoms with Crippen molar-refractivity contribution in [1.29, 1.82) is 0 Å². The Balaban J connectivity index is 1.46. The summed E-state index contributed by atoms with van der Waals surface area (Å²) in [6, 6.07) is 20.3. The fourth-order valence-electron chi connectivity index (χ4n) is 3.12. The lowest BCUT2D eigenvalue weighted by Crippen LogP contribution is -2.23. The number of benzene rings is 2. The van der Waals surface area contributed by atoms with Crippen molar-refractivity contribution in [1.82, 2.24) is 9.97 Å². The van der Waals surface area contributed by atoms with Gasteiger partial charge in [-0.25, -0.2) is 9.97 Å². The Bertz CT molecular complexity index is 1160. The second-order valence-electron chi connectivity index (χ2n) is 7.25. The van der Waals surface area contributed by atoms with E-state index in [0.29, 0.717) is 0 Å². The molecule has 0 saturated carbocycles. The zero-order valence-electron chi connectivity index (χ0n) is 18.2. The minimum Gasteiger partial charge on any atom is -0.321 e. The van der Waals surface area contributed by atoms with E-state index in [2.05, 4.69) is 54.8 Å². The predicted octanol–water partition coefficient (Wildman–Crippen LogP) is 7.09. The summed E-state index contributed by atoms with van der Waals surface area (Å²) >= 11 is 3.15. The van der Waals surface area contributed by atoms with Crippen molar-refractivity contribution >= 4 is 32.9 Å². The third kappa shape index (κ3) is 4.42. The fraction of sp³-hybridized carbons (Fsp3) is 0.0769. The van der Waals surface area contributed by atoms with Crippen LogP contribution in [0, 0.1) is 0 Å². The van der Waals surface area contributed by atoms with Gasteiger partial charge < -0.3 is 9.80 Å². The topological polar surface area (TPSA) is 32.3 Å². The molecule has 4 nitrogen and oxygen atoms in total. The molecule has 0 saturated heterocycles.